The number of hydrogen-bond acceptors (Lipinski definition) is 5. The van der Waals surface area contributed by atoms with Gasteiger partial charge in [0.25, 0.3) is 5.91 Å². The fraction of sp³-hybridized carbons (Fsp3) is 0.750. The first kappa shape index (κ1) is 30.6. The summed E-state index contributed by atoms with van der Waals surface area (Å²) in [6, 6.07) is 3.87. The maximum absolute atomic E-state index is 13.6. The summed E-state index contributed by atoms with van der Waals surface area (Å²) in [5.41, 5.74) is -0.960. The van der Waals surface area contributed by atoms with E-state index in [1.54, 1.807) is 0 Å². The van der Waals surface area contributed by atoms with Crippen molar-refractivity contribution < 1.29 is 23.8 Å². The lowest BCUT2D eigenvalue weighted by Crippen LogP contribution is -2.59. The molecule has 6 rings (SSSR count). The second-order valence-electron chi connectivity index (χ2n) is 13.9. The van der Waals surface area contributed by atoms with Crippen molar-refractivity contribution in [2.45, 2.75) is 114 Å². The summed E-state index contributed by atoms with van der Waals surface area (Å²) in [7, 11) is 0. The Labute approximate surface area is 248 Å². The highest BCUT2D eigenvalue weighted by Gasteiger charge is 2.57. The van der Waals surface area contributed by atoms with Gasteiger partial charge in [-0.1, -0.05) is 50.1 Å². The van der Waals surface area contributed by atoms with Gasteiger partial charge in [-0.25, -0.2) is 4.39 Å². The minimum Gasteiger partial charge on any atom is -0.484 e. The summed E-state index contributed by atoms with van der Waals surface area (Å²) in [5.74, 6) is 1.50. The van der Waals surface area contributed by atoms with Gasteiger partial charge in [0, 0.05) is 17.6 Å². The van der Waals surface area contributed by atoms with Crippen molar-refractivity contribution in [3.05, 3.63) is 29.0 Å². The van der Waals surface area contributed by atoms with Crippen molar-refractivity contribution in [1.82, 2.24) is 16.0 Å². The number of ether oxygens (including phenoxy) is 1. The second kappa shape index (κ2) is 12.8. The van der Waals surface area contributed by atoms with Crippen LogP contribution in [0, 0.1) is 29.5 Å². The van der Waals surface area contributed by atoms with Crippen molar-refractivity contribution in [3.63, 3.8) is 0 Å². The zero-order valence-electron chi connectivity index (χ0n) is 24.5. The second-order valence-corrected chi connectivity index (χ2v) is 14.3. The van der Waals surface area contributed by atoms with Crippen LogP contribution in [-0.4, -0.2) is 53.3 Å². The van der Waals surface area contributed by atoms with Crippen LogP contribution < -0.4 is 20.7 Å². The van der Waals surface area contributed by atoms with Gasteiger partial charge in [0.1, 0.15) is 11.6 Å². The molecule has 1 aliphatic heterocycles. The summed E-state index contributed by atoms with van der Waals surface area (Å²) in [6.07, 6.45) is 12.8. The van der Waals surface area contributed by atoms with Crippen molar-refractivity contribution in [2.24, 2.45) is 23.7 Å². The smallest absolute Gasteiger partial charge is 0.258 e. The van der Waals surface area contributed by atoms with E-state index in [1.165, 1.54) is 56.7 Å². The molecule has 5 aliphatic rings. The Morgan fingerprint density at radius 2 is 1.88 bits per heavy atom. The highest BCUT2D eigenvalue weighted by molar-refractivity contribution is 6.30. The van der Waals surface area contributed by atoms with Gasteiger partial charge in [0.15, 0.2) is 6.61 Å². The molecule has 0 radical (unpaired) electrons. The summed E-state index contributed by atoms with van der Waals surface area (Å²) >= 11 is 5.70. The largest absolute Gasteiger partial charge is 0.484 e. The first-order valence-electron chi connectivity index (χ1n) is 15.7. The van der Waals surface area contributed by atoms with E-state index in [1.807, 2.05) is 13.8 Å². The van der Waals surface area contributed by atoms with E-state index in [2.05, 4.69) is 16.0 Å². The molecule has 3 unspecified atom stereocenters. The zero-order valence-corrected chi connectivity index (χ0v) is 25.3. The topological polar surface area (TPSA) is 99.7 Å². The number of piperidine rings is 1. The maximum atomic E-state index is 13.6. The van der Waals surface area contributed by atoms with Crippen LogP contribution in [0.3, 0.4) is 0 Å². The van der Waals surface area contributed by atoms with Crippen LogP contribution >= 0.6 is 11.6 Å². The van der Waals surface area contributed by atoms with Crippen LogP contribution in [0.5, 0.6) is 5.75 Å². The normalized spacial score (nSPS) is 32.1. The number of nitrogens with one attached hydrogen (secondary N) is 3. The molecule has 2 bridgehead atoms. The molecule has 228 valence electrons. The minimum absolute atomic E-state index is 0.00683. The Kier molecular flexibility index (Phi) is 9.51. The van der Waals surface area contributed by atoms with E-state index in [0.29, 0.717) is 30.1 Å². The Hall–Kier alpha value is -1.90. The van der Waals surface area contributed by atoms with Crippen molar-refractivity contribution >= 4 is 23.4 Å². The maximum Gasteiger partial charge on any atom is 0.258 e. The van der Waals surface area contributed by atoms with Gasteiger partial charge in [-0.3, -0.25) is 9.59 Å². The molecular formula is C32H47ClFN3O4. The summed E-state index contributed by atoms with van der Waals surface area (Å²) < 4.78 is 19.1. The number of carbonyl (C=O) groups excluding carboxylic acids is 2. The summed E-state index contributed by atoms with van der Waals surface area (Å²) in [5, 5.41) is 20.5. The number of benzene rings is 1. The van der Waals surface area contributed by atoms with E-state index in [0.717, 1.165) is 38.6 Å². The van der Waals surface area contributed by atoms with E-state index >= 15 is 0 Å². The Balaban J connectivity index is 1.12. The molecule has 0 spiro atoms. The predicted molar refractivity (Wildman–Crippen MR) is 157 cm³/mol. The Morgan fingerprint density at radius 3 is 2.56 bits per heavy atom. The van der Waals surface area contributed by atoms with Gasteiger partial charge >= 0.3 is 0 Å². The molecule has 0 aromatic heterocycles. The third-order valence-corrected chi connectivity index (χ3v) is 10.5. The predicted octanol–water partition coefficient (Wildman–Crippen LogP) is 5.13. The molecule has 1 heterocycles. The standard InChI is InChI=1S/C32H47ClFN3O4/c1-31(2,40)12-11-21-13-27(35-18-24(21)20-7-5-3-4-6-8-20)30(39)37-32-15-22(16-32)28(17-32)36-29(38)19-41-23-9-10-25(33)26(34)14-23/h9-10,14,20-22,24,27-28,35,40H,3-8,11-13,15-19H2,1-2H3,(H,36,38)(H,37,39)/t21?,22?,24?,27?,28-,32?/m0/s1. The van der Waals surface area contributed by atoms with Crippen LogP contribution in [0.2, 0.25) is 5.02 Å². The van der Waals surface area contributed by atoms with Crippen LogP contribution in [0.4, 0.5) is 4.39 Å². The molecule has 1 saturated heterocycles. The van der Waals surface area contributed by atoms with E-state index in [4.69, 9.17) is 16.3 Å². The molecule has 9 heteroatoms. The van der Waals surface area contributed by atoms with E-state index in [-0.39, 0.29) is 46.8 Å². The molecule has 2 amide bonds. The number of amides is 2. The number of carbonyl (C=O) groups is 2. The third kappa shape index (κ3) is 7.74. The monoisotopic (exact) mass is 591 g/mol. The molecule has 4 N–H and O–H groups in total. The Bertz CT molecular complexity index is 1080. The van der Waals surface area contributed by atoms with Crippen LogP contribution in [-0.2, 0) is 9.59 Å². The van der Waals surface area contributed by atoms with Gasteiger partial charge in [0.2, 0.25) is 5.91 Å². The van der Waals surface area contributed by atoms with Crippen LogP contribution in [0.1, 0.15) is 90.9 Å². The molecule has 4 atom stereocenters. The zero-order chi connectivity index (χ0) is 29.2. The first-order chi connectivity index (χ1) is 19.5. The van der Waals surface area contributed by atoms with E-state index in [9.17, 15) is 19.1 Å². The van der Waals surface area contributed by atoms with Gasteiger partial charge in [-0.15, -0.1) is 0 Å². The van der Waals surface area contributed by atoms with Crippen molar-refractivity contribution in [2.75, 3.05) is 13.2 Å². The fourth-order valence-corrected chi connectivity index (χ4v) is 8.10. The number of fused-ring (bicyclic) bond motifs is 1. The molecular weight excluding hydrogens is 545 g/mol. The van der Waals surface area contributed by atoms with Crippen molar-refractivity contribution in [1.29, 1.82) is 0 Å². The molecule has 4 saturated carbocycles. The molecule has 41 heavy (non-hydrogen) atoms. The molecule has 7 nitrogen and oxygen atoms in total. The summed E-state index contributed by atoms with van der Waals surface area (Å²) in [6.45, 7) is 4.42. The number of hydrogen-bond donors (Lipinski definition) is 4. The van der Waals surface area contributed by atoms with E-state index < -0.39 is 11.4 Å². The van der Waals surface area contributed by atoms with Gasteiger partial charge < -0.3 is 25.8 Å². The molecule has 1 aromatic rings. The minimum atomic E-state index is -0.699. The highest BCUT2D eigenvalue weighted by atomic mass is 35.5. The lowest BCUT2D eigenvalue weighted by molar-refractivity contribution is -0.127. The van der Waals surface area contributed by atoms with Crippen molar-refractivity contribution in [3.8, 4) is 5.75 Å². The number of rotatable bonds is 10. The summed E-state index contributed by atoms with van der Waals surface area (Å²) in [4.78, 5) is 26.1. The quantitative estimate of drug-likeness (QED) is 0.283. The average Bonchev–Trinajstić information content (AvgIpc) is 3.26. The lowest BCUT2D eigenvalue weighted by Gasteiger charge is -2.44. The Morgan fingerprint density at radius 1 is 1.15 bits per heavy atom. The molecule has 4 aliphatic carbocycles. The van der Waals surface area contributed by atoms with Crippen LogP contribution in [0.25, 0.3) is 0 Å². The number of halogens is 2. The average molecular weight is 592 g/mol. The molecule has 1 aromatic carbocycles. The van der Waals surface area contributed by atoms with Gasteiger partial charge in [-0.05, 0) is 94.7 Å². The lowest BCUT2D eigenvalue weighted by atomic mass is 9.70. The van der Waals surface area contributed by atoms with Gasteiger partial charge in [-0.2, -0.15) is 0 Å². The molecule has 5 fully saturated rings. The number of aliphatic hydroxyl groups is 1. The fourth-order valence-electron chi connectivity index (χ4n) is 7.98. The van der Waals surface area contributed by atoms with Gasteiger partial charge in [0.05, 0.1) is 16.7 Å². The first-order valence-corrected chi connectivity index (χ1v) is 16.0. The third-order valence-electron chi connectivity index (χ3n) is 10.2. The van der Waals surface area contributed by atoms with Crippen LogP contribution in [0.15, 0.2) is 18.2 Å². The highest BCUT2D eigenvalue weighted by Crippen LogP contribution is 2.52. The SMILES string of the molecule is CC(C)(O)CCC1CC(C(=O)NC23CC(C2)[C@@H](NC(=O)COc2ccc(Cl)c(F)c2)C3)NCC1C1CCCCCC1.